The molecular formula is C23H29N3O3. The van der Waals surface area contributed by atoms with Gasteiger partial charge in [0.15, 0.2) is 0 Å². The molecule has 2 aromatic rings. The van der Waals surface area contributed by atoms with Gasteiger partial charge in [-0.25, -0.2) is 9.69 Å². The van der Waals surface area contributed by atoms with E-state index in [9.17, 15) is 9.59 Å². The quantitative estimate of drug-likeness (QED) is 0.661. The van der Waals surface area contributed by atoms with Crippen LogP contribution in [0, 0.1) is 5.92 Å². The molecule has 29 heavy (non-hydrogen) atoms. The fourth-order valence-electron chi connectivity index (χ4n) is 3.69. The maximum atomic E-state index is 13.4. The normalized spacial score (nSPS) is 19.1. The Morgan fingerprint density at radius 1 is 1.03 bits per heavy atom. The molecule has 2 aromatic carbocycles. The predicted molar refractivity (Wildman–Crippen MR) is 112 cm³/mol. The van der Waals surface area contributed by atoms with E-state index in [0.29, 0.717) is 19.6 Å². The highest BCUT2D eigenvalue weighted by Crippen LogP contribution is 2.35. The molecule has 1 unspecified atom stereocenters. The lowest BCUT2D eigenvalue weighted by Gasteiger charge is -2.29. The molecule has 0 aromatic heterocycles. The molecule has 154 valence electrons. The zero-order valence-corrected chi connectivity index (χ0v) is 17.3. The number of hydrogen-bond acceptors (Lipinski definition) is 4. The van der Waals surface area contributed by atoms with E-state index in [1.54, 1.807) is 0 Å². The molecule has 1 aliphatic rings. The Kier molecular flexibility index (Phi) is 6.54. The van der Waals surface area contributed by atoms with Crippen LogP contribution in [0.25, 0.3) is 0 Å². The van der Waals surface area contributed by atoms with Crippen molar-refractivity contribution in [2.45, 2.75) is 25.8 Å². The second-order valence-electron chi connectivity index (χ2n) is 7.92. The van der Waals surface area contributed by atoms with E-state index in [1.165, 1.54) is 4.90 Å². The van der Waals surface area contributed by atoms with Gasteiger partial charge in [0.05, 0.1) is 6.67 Å². The first-order chi connectivity index (χ1) is 13.9. The fraction of sp³-hybridized carbons (Fsp3) is 0.391. The molecule has 3 amide bonds. The first-order valence-corrected chi connectivity index (χ1v) is 9.98. The van der Waals surface area contributed by atoms with E-state index in [1.807, 2.05) is 72.6 Å². The molecule has 6 nitrogen and oxygen atoms in total. The lowest BCUT2D eigenvalue weighted by atomic mass is 9.82. The summed E-state index contributed by atoms with van der Waals surface area (Å²) in [6.45, 7) is 5.39. The van der Waals surface area contributed by atoms with Crippen molar-refractivity contribution in [3.63, 3.8) is 0 Å². The number of likely N-dealkylation sites (N-methyl/N-ethyl adjacent to an activating group) is 1. The van der Waals surface area contributed by atoms with Crippen LogP contribution in [0.1, 0.15) is 25.8 Å². The maximum absolute atomic E-state index is 13.4. The van der Waals surface area contributed by atoms with Crippen LogP contribution in [-0.4, -0.2) is 48.6 Å². The van der Waals surface area contributed by atoms with Crippen LogP contribution in [0.15, 0.2) is 60.7 Å². The van der Waals surface area contributed by atoms with Crippen LogP contribution in [0.2, 0.25) is 0 Å². The maximum Gasteiger partial charge on any atom is 0.326 e. The Morgan fingerprint density at radius 2 is 1.66 bits per heavy atom. The van der Waals surface area contributed by atoms with Gasteiger partial charge in [-0.3, -0.25) is 9.69 Å². The zero-order valence-electron chi connectivity index (χ0n) is 17.3. The molecular weight excluding hydrogens is 366 g/mol. The number of rotatable bonds is 9. The minimum atomic E-state index is -1.01. The Hall–Kier alpha value is -2.86. The van der Waals surface area contributed by atoms with E-state index in [0.717, 1.165) is 11.3 Å². The van der Waals surface area contributed by atoms with Crippen molar-refractivity contribution < 1.29 is 14.3 Å². The second-order valence-corrected chi connectivity index (χ2v) is 7.92. The van der Waals surface area contributed by atoms with Gasteiger partial charge >= 0.3 is 6.03 Å². The van der Waals surface area contributed by atoms with Crippen molar-refractivity contribution in [1.29, 1.82) is 0 Å². The highest BCUT2D eigenvalue weighted by atomic mass is 16.5. The van der Waals surface area contributed by atoms with Gasteiger partial charge in [0.1, 0.15) is 17.9 Å². The summed E-state index contributed by atoms with van der Waals surface area (Å²) >= 11 is 0. The Balaban J connectivity index is 1.67. The van der Waals surface area contributed by atoms with Gasteiger partial charge in [-0.15, -0.1) is 0 Å². The molecule has 6 heteroatoms. The molecule has 1 saturated heterocycles. The number of carbonyl (C=O) groups excluding carboxylic acids is 2. The third-order valence-corrected chi connectivity index (χ3v) is 5.02. The van der Waals surface area contributed by atoms with Crippen molar-refractivity contribution in [2.75, 3.05) is 26.9 Å². The number of nitrogens with one attached hydrogen (secondary N) is 1. The Labute approximate surface area is 172 Å². The van der Waals surface area contributed by atoms with Crippen LogP contribution < -0.4 is 10.1 Å². The van der Waals surface area contributed by atoms with E-state index in [-0.39, 0.29) is 24.5 Å². The summed E-state index contributed by atoms with van der Waals surface area (Å²) in [5, 5.41) is 2.98. The molecule has 1 fully saturated rings. The van der Waals surface area contributed by atoms with Gasteiger partial charge in [-0.05, 0) is 37.1 Å². The first kappa shape index (κ1) is 20.9. The van der Waals surface area contributed by atoms with E-state index >= 15 is 0 Å². The smallest absolute Gasteiger partial charge is 0.326 e. The summed E-state index contributed by atoms with van der Waals surface area (Å²) in [6.07, 6.45) is 0.554. The average molecular weight is 396 g/mol. The molecule has 1 N–H and O–H groups in total. The molecule has 0 spiro atoms. The number of carbonyl (C=O) groups is 2. The Morgan fingerprint density at radius 3 is 2.28 bits per heavy atom. The molecule has 0 saturated carbocycles. The van der Waals surface area contributed by atoms with Gasteiger partial charge in [0.2, 0.25) is 0 Å². The van der Waals surface area contributed by atoms with Crippen molar-refractivity contribution in [3.8, 4) is 5.75 Å². The Bertz CT molecular complexity index is 826. The van der Waals surface area contributed by atoms with E-state index < -0.39 is 5.54 Å². The molecule has 1 heterocycles. The van der Waals surface area contributed by atoms with Gasteiger partial charge in [0, 0.05) is 6.54 Å². The lowest BCUT2D eigenvalue weighted by molar-refractivity contribution is -0.133. The fourth-order valence-corrected chi connectivity index (χ4v) is 3.69. The number of amides is 3. The van der Waals surface area contributed by atoms with Crippen LogP contribution in [-0.2, 0) is 10.3 Å². The van der Waals surface area contributed by atoms with Gasteiger partial charge in [-0.2, -0.15) is 0 Å². The van der Waals surface area contributed by atoms with Crippen LogP contribution in [0.4, 0.5) is 4.79 Å². The van der Waals surface area contributed by atoms with Crippen molar-refractivity contribution >= 4 is 11.9 Å². The van der Waals surface area contributed by atoms with Crippen molar-refractivity contribution in [1.82, 2.24) is 15.1 Å². The molecule has 1 aliphatic heterocycles. The third-order valence-electron chi connectivity index (χ3n) is 5.02. The third kappa shape index (κ3) is 4.77. The number of ether oxygens (including phenoxy) is 1. The van der Waals surface area contributed by atoms with Crippen molar-refractivity contribution in [3.05, 3.63) is 66.2 Å². The number of imide groups is 1. The first-order valence-electron chi connectivity index (χ1n) is 9.98. The lowest BCUT2D eigenvalue weighted by Crippen LogP contribution is -2.46. The summed E-state index contributed by atoms with van der Waals surface area (Å²) < 4.78 is 5.71. The van der Waals surface area contributed by atoms with Gasteiger partial charge in [0.25, 0.3) is 5.91 Å². The second kappa shape index (κ2) is 9.09. The topological polar surface area (TPSA) is 61.9 Å². The molecule has 1 atom stereocenters. The average Bonchev–Trinajstić information content (AvgIpc) is 2.94. The van der Waals surface area contributed by atoms with Crippen LogP contribution in [0.3, 0.4) is 0 Å². The minimum absolute atomic E-state index is 0.196. The zero-order chi connectivity index (χ0) is 20.9. The predicted octanol–water partition coefficient (Wildman–Crippen LogP) is 3.45. The van der Waals surface area contributed by atoms with E-state index in [2.05, 4.69) is 19.2 Å². The summed E-state index contributed by atoms with van der Waals surface area (Å²) in [7, 11) is 1.87. The largest absolute Gasteiger partial charge is 0.492 e. The molecule has 0 bridgehead atoms. The van der Waals surface area contributed by atoms with Crippen molar-refractivity contribution in [2.24, 2.45) is 5.92 Å². The highest BCUT2D eigenvalue weighted by Gasteiger charge is 2.52. The number of nitrogens with zero attached hydrogens (tertiary/aromatic N) is 2. The molecule has 0 aliphatic carbocycles. The number of hydrogen-bond donors (Lipinski definition) is 1. The van der Waals surface area contributed by atoms with Gasteiger partial charge < -0.3 is 10.1 Å². The van der Waals surface area contributed by atoms with Crippen LogP contribution >= 0.6 is 0 Å². The number of para-hydroxylation sites is 1. The summed E-state index contributed by atoms with van der Waals surface area (Å²) in [4.78, 5) is 29.3. The monoisotopic (exact) mass is 395 g/mol. The summed E-state index contributed by atoms with van der Waals surface area (Å²) in [5.74, 6) is 0.852. The summed E-state index contributed by atoms with van der Waals surface area (Å²) in [6, 6.07) is 18.7. The summed E-state index contributed by atoms with van der Waals surface area (Å²) in [5.41, 5.74) is -0.182. The van der Waals surface area contributed by atoms with Crippen LogP contribution in [0.5, 0.6) is 5.75 Å². The molecule has 3 rings (SSSR count). The number of urea groups is 1. The standard InChI is InChI=1S/C23H29N3O3/c1-18(2)16-23(19-10-6-4-7-11-19)21(27)26(22(28)24-23)17-25(3)14-15-29-20-12-8-5-9-13-20/h4-13,18H,14-17H2,1-3H3,(H,24,28). The highest BCUT2D eigenvalue weighted by molar-refractivity contribution is 6.07. The van der Waals surface area contributed by atoms with Gasteiger partial charge in [-0.1, -0.05) is 62.4 Å². The SMILES string of the molecule is CC(C)CC1(c2ccccc2)NC(=O)N(CN(C)CCOc2ccccc2)C1=O. The van der Waals surface area contributed by atoms with E-state index in [4.69, 9.17) is 4.74 Å². The minimum Gasteiger partial charge on any atom is -0.492 e. The number of benzene rings is 2. The molecule has 0 radical (unpaired) electrons.